The smallest absolute Gasteiger partial charge is 0.0669 e. The predicted octanol–water partition coefficient (Wildman–Crippen LogP) is 4.11. The maximum absolute atomic E-state index is 8.74. The molecule has 0 unspecified atom stereocenters. The van der Waals surface area contributed by atoms with Crippen molar-refractivity contribution in [3.8, 4) is 17.2 Å². The standard InChI is InChI=1S/C17H21N3/c1-3-4-5-10-20-13-16(12-19-20)17-7-6-15(8-9-18)11-14(17)2/h6-7,11-13H,3-5,8,10H2,1-2H3. The maximum atomic E-state index is 8.74. The predicted molar refractivity (Wildman–Crippen MR) is 81.2 cm³/mol. The molecule has 0 atom stereocenters. The number of aryl methyl sites for hydroxylation is 2. The molecule has 0 amide bonds. The third-order valence-corrected chi connectivity index (χ3v) is 3.51. The molecular formula is C17H21N3. The lowest BCUT2D eigenvalue weighted by molar-refractivity contribution is 0.553. The van der Waals surface area contributed by atoms with Crippen LogP contribution in [0.5, 0.6) is 0 Å². The van der Waals surface area contributed by atoms with Gasteiger partial charge in [-0.3, -0.25) is 4.68 Å². The van der Waals surface area contributed by atoms with Crippen LogP contribution >= 0.6 is 0 Å². The van der Waals surface area contributed by atoms with E-state index in [1.807, 2.05) is 16.9 Å². The number of hydrogen-bond acceptors (Lipinski definition) is 2. The van der Waals surface area contributed by atoms with E-state index in [4.69, 9.17) is 5.26 Å². The average Bonchev–Trinajstić information content (AvgIpc) is 2.88. The molecule has 0 aliphatic heterocycles. The van der Waals surface area contributed by atoms with Gasteiger partial charge in [0.1, 0.15) is 0 Å². The summed E-state index contributed by atoms with van der Waals surface area (Å²) in [6.07, 6.45) is 8.17. The fourth-order valence-corrected chi connectivity index (χ4v) is 2.40. The van der Waals surface area contributed by atoms with Gasteiger partial charge >= 0.3 is 0 Å². The third kappa shape index (κ3) is 3.48. The van der Waals surface area contributed by atoms with Gasteiger partial charge in [0.2, 0.25) is 0 Å². The Kier molecular flexibility index (Phi) is 4.95. The van der Waals surface area contributed by atoms with Crippen LogP contribution in [-0.2, 0) is 13.0 Å². The number of hydrogen-bond donors (Lipinski definition) is 0. The summed E-state index contributed by atoms with van der Waals surface area (Å²) in [7, 11) is 0. The van der Waals surface area contributed by atoms with Gasteiger partial charge in [0.25, 0.3) is 0 Å². The van der Waals surface area contributed by atoms with Crippen molar-refractivity contribution in [1.82, 2.24) is 9.78 Å². The number of nitriles is 1. The van der Waals surface area contributed by atoms with Crippen LogP contribution in [-0.4, -0.2) is 9.78 Å². The van der Waals surface area contributed by atoms with Crippen molar-refractivity contribution in [2.75, 3.05) is 0 Å². The third-order valence-electron chi connectivity index (χ3n) is 3.51. The van der Waals surface area contributed by atoms with E-state index in [9.17, 15) is 0 Å². The fourth-order valence-electron chi connectivity index (χ4n) is 2.40. The Morgan fingerprint density at radius 1 is 1.30 bits per heavy atom. The van der Waals surface area contributed by atoms with Crippen LogP contribution in [0.1, 0.15) is 37.3 Å². The first-order chi connectivity index (χ1) is 9.74. The van der Waals surface area contributed by atoms with Crippen LogP contribution in [0.4, 0.5) is 0 Å². The second-order valence-corrected chi connectivity index (χ2v) is 5.18. The molecule has 0 saturated heterocycles. The maximum Gasteiger partial charge on any atom is 0.0669 e. The molecule has 3 heteroatoms. The summed E-state index contributed by atoms with van der Waals surface area (Å²) in [5, 5.41) is 13.2. The molecule has 0 N–H and O–H groups in total. The van der Waals surface area contributed by atoms with E-state index in [0.29, 0.717) is 6.42 Å². The quantitative estimate of drug-likeness (QED) is 0.739. The molecule has 0 aliphatic carbocycles. The SMILES string of the molecule is CCCCCn1cc(-c2ccc(CC#N)cc2C)cn1. The summed E-state index contributed by atoms with van der Waals surface area (Å²) in [4.78, 5) is 0. The Morgan fingerprint density at radius 2 is 2.15 bits per heavy atom. The van der Waals surface area contributed by atoms with Crippen LogP contribution in [0.3, 0.4) is 0 Å². The van der Waals surface area contributed by atoms with E-state index in [-0.39, 0.29) is 0 Å². The molecule has 1 aromatic carbocycles. The Labute approximate surface area is 120 Å². The van der Waals surface area contributed by atoms with Gasteiger partial charge in [-0.15, -0.1) is 0 Å². The first-order valence-corrected chi connectivity index (χ1v) is 7.24. The minimum Gasteiger partial charge on any atom is -0.272 e. The monoisotopic (exact) mass is 267 g/mol. The van der Waals surface area contributed by atoms with Crippen molar-refractivity contribution in [3.63, 3.8) is 0 Å². The van der Waals surface area contributed by atoms with E-state index in [1.54, 1.807) is 0 Å². The van der Waals surface area contributed by atoms with Crippen molar-refractivity contribution in [2.24, 2.45) is 0 Å². The number of aromatic nitrogens is 2. The molecule has 0 saturated carbocycles. The molecule has 2 aromatic rings. The Balaban J connectivity index is 2.13. The van der Waals surface area contributed by atoms with Crippen molar-refractivity contribution < 1.29 is 0 Å². The lowest BCUT2D eigenvalue weighted by Crippen LogP contribution is -1.97. The van der Waals surface area contributed by atoms with E-state index >= 15 is 0 Å². The van der Waals surface area contributed by atoms with Crippen LogP contribution < -0.4 is 0 Å². The topological polar surface area (TPSA) is 41.6 Å². The van der Waals surface area contributed by atoms with E-state index in [2.05, 4.69) is 43.3 Å². The van der Waals surface area contributed by atoms with Crippen LogP contribution in [0.15, 0.2) is 30.6 Å². The average molecular weight is 267 g/mol. The highest BCUT2D eigenvalue weighted by Gasteiger charge is 2.06. The highest BCUT2D eigenvalue weighted by molar-refractivity contribution is 5.66. The second-order valence-electron chi connectivity index (χ2n) is 5.18. The fraction of sp³-hybridized carbons (Fsp3) is 0.412. The molecule has 2 rings (SSSR count). The lowest BCUT2D eigenvalue weighted by Gasteiger charge is -2.05. The zero-order valence-electron chi connectivity index (χ0n) is 12.3. The van der Waals surface area contributed by atoms with Crippen molar-refractivity contribution in [1.29, 1.82) is 5.26 Å². The minimum absolute atomic E-state index is 0.470. The van der Waals surface area contributed by atoms with Gasteiger partial charge in [0.05, 0.1) is 18.7 Å². The Hall–Kier alpha value is -2.08. The highest BCUT2D eigenvalue weighted by Crippen LogP contribution is 2.24. The van der Waals surface area contributed by atoms with Gasteiger partial charge in [-0.1, -0.05) is 38.0 Å². The van der Waals surface area contributed by atoms with Gasteiger partial charge in [-0.2, -0.15) is 10.4 Å². The summed E-state index contributed by atoms with van der Waals surface area (Å²) in [6, 6.07) is 8.40. The van der Waals surface area contributed by atoms with E-state index < -0.39 is 0 Å². The first kappa shape index (κ1) is 14.3. The summed E-state index contributed by atoms with van der Waals surface area (Å²) in [6.45, 7) is 5.28. The summed E-state index contributed by atoms with van der Waals surface area (Å²) < 4.78 is 2.02. The van der Waals surface area contributed by atoms with Crippen LogP contribution in [0.2, 0.25) is 0 Å². The number of nitrogens with zero attached hydrogens (tertiary/aromatic N) is 3. The first-order valence-electron chi connectivity index (χ1n) is 7.24. The molecule has 0 fully saturated rings. The molecule has 0 bridgehead atoms. The van der Waals surface area contributed by atoms with Crippen LogP contribution in [0.25, 0.3) is 11.1 Å². The van der Waals surface area contributed by atoms with Gasteiger partial charge in [-0.05, 0) is 30.0 Å². The Morgan fingerprint density at radius 3 is 2.85 bits per heavy atom. The molecule has 20 heavy (non-hydrogen) atoms. The molecular weight excluding hydrogens is 246 g/mol. The number of unbranched alkanes of at least 4 members (excludes halogenated alkanes) is 2. The molecule has 0 spiro atoms. The summed E-state index contributed by atoms with van der Waals surface area (Å²) in [5.41, 5.74) is 4.63. The normalized spacial score (nSPS) is 10.4. The molecule has 0 radical (unpaired) electrons. The highest BCUT2D eigenvalue weighted by atomic mass is 15.3. The molecule has 0 aliphatic rings. The number of rotatable bonds is 6. The van der Waals surface area contributed by atoms with E-state index in [1.165, 1.54) is 30.4 Å². The molecule has 104 valence electrons. The minimum atomic E-state index is 0.470. The van der Waals surface area contributed by atoms with Gasteiger partial charge in [0.15, 0.2) is 0 Å². The summed E-state index contributed by atoms with van der Waals surface area (Å²) in [5.74, 6) is 0. The van der Waals surface area contributed by atoms with Gasteiger partial charge < -0.3 is 0 Å². The number of benzene rings is 1. The second kappa shape index (κ2) is 6.91. The van der Waals surface area contributed by atoms with E-state index in [0.717, 1.165) is 17.7 Å². The zero-order chi connectivity index (χ0) is 14.4. The van der Waals surface area contributed by atoms with Crippen molar-refractivity contribution in [2.45, 2.75) is 46.1 Å². The van der Waals surface area contributed by atoms with Gasteiger partial charge in [0, 0.05) is 18.3 Å². The zero-order valence-corrected chi connectivity index (χ0v) is 12.3. The largest absolute Gasteiger partial charge is 0.272 e. The lowest BCUT2D eigenvalue weighted by atomic mass is 10.00. The van der Waals surface area contributed by atoms with Crippen LogP contribution in [0, 0.1) is 18.3 Å². The Bertz CT molecular complexity index is 605. The molecule has 3 nitrogen and oxygen atoms in total. The summed E-state index contributed by atoms with van der Waals surface area (Å²) >= 11 is 0. The molecule has 1 heterocycles. The van der Waals surface area contributed by atoms with Crippen molar-refractivity contribution >= 4 is 0 Å². The van der Waals surface area contributed by atoms with Gasteiger partial charge in [-0.25, -0.2) is 0 Å². The van der Waals surface area contributed by atoms with Crippen molar-refractivity contribution in [3.05, 3.63) is 41.7 Å². The molecule has 1 aromatic heterocycles.